The van der Waals surface area contributed by atoms with Crippen molar-refractivity contribution < 1.29 is 27.4 Å². The molecule has 2 aromatic heterocycles. The average Bonchev–Trinajstić information content (AvgIpc) is 3.63. The first-order valence-corrected chi connectivity index (χ1v) is 15.7. The molecule has 4 aromatic rings. The highest BCUT2D eigenvalue weighted by Crippen LogP contribution is 2.59. The number of rotatable bonds is 6. The summed E-state index contributed by atoms with van der Waals surface area (Å²) in [6, 6.07) is 4.17. The number of phenols is 1. The Labute approximate surface area is 263 Å². The molecule has 232 valence electrons. The van der Waals surface area contributed by atoms with E-state index in [2.05, 4.69) is 15.3 Å². The molecular weight excluding hydrogens is 632 g/mol. The maximum absolute atomic E-state index is 16.8. The summed E-state index contributed by atoms with van der Waals surface area (Å²) in [5.41, 5.74) is 4.62. The summed E-state index contributed by atoms with van der Waals surface area (Å²) < 4.78 is 64.8. The molecule has 1 atom stereocenters. The molecule has 14 heteroatoms. The zero-order chi connectivity index (χ0) is 31.4. The zero-order valence-electron chi connectivity index (χ0n) is 23.6. The van der Waals surface area contributed by atoms with Crippen molar-refractivity contribution in [2.45, 2.75) is 49.6 Å². The van der Waals surface area contributed by atoms with E-state index in [0.29, 0.717) is 18.9 Å². The summed E-state index contributed by atoms with van der Waals surface area (Å²) >= 11 is 7.51. The Bertz CT molecular complexity index is 2030. The molecule has 0 radical (unpaired) electrons. The first kappa shape index (κ1) is 28.6. The molecule has 2 saturated heterocycles. The molecule has 5 fully saturated rings. The molecule has 9 rings (SSSR count). The van der Waals surface area contributed by atoms with E-state index in [0.717, 1.165) is 43.1 Å². The lowest BCUT2D eigenvalue weighted by Crippen LogP contribution is -2.63. The van der Waals surface area contributed by atoms with Gasteiger partial charge in [0, 0.05) is 28.6 Å². The number of aromatic nitrogens is 2. The molecule has 0 amide bonds. The Hall–Kier alpha value is -3.86. The van der Waals surface area contributed by atoms with Crippen molar-refractivity contribution in [1.82, 2.24) is 14.9 Å². The number of nitrogen functional groups attached to an aromatic ring is 1. The number of nitriles is 1. The van der Waals surface area contributed by atoms with Crippen LogP contribution >= 0.6 is 22.9 Å². The van der Waals surface area contributed by atoms with Gasteiger partial charge in [-0.2, -0.15) is 24.0 Å². The van der Waals surface area contributed by atoms with Crippen LogP contribution in [0.1, 0.15) is 44.1 Å². The molecule has 2 aromatic carbocycles. The third-order valence-electron chi connectivity index (χ3n) is 10.0. The van der Waals surface area contributed by atoms with Gasteiger partial charge in [0.2, 0.25) is 0 Å². The predicted molar refractivity (Wildman–Crippen MR) is 163 cm³/mol. The number of nitrogens with two attached hydrogens (primary N) is 1. The number of hydrogen-bond acceptors (Lipinski definition) is 9. The van der Waals surface area contributed by atoms with Gasteiger partial charge in [-0.05, 0) is 62.6 Å². The second-order valence-corrected chi connectivity index (χ2v) is 14.1. The first-order valence-electron chi connectivity index (χ1n) is 14.5. The molecule has 45 heavy (non-hydrogen) atoms. The average molecular weight is 657 g/mol. The molecule has 2 aliphatic heterocycles. The van der Waals surface area contributed by atoms with E-state index in [4.69, 9.17) is 22.1 Å². The molecule has 2 bridgehead atoms. The topological polar surface area (TPSA) is 120 Å². The molecule has 3 aliphatic carbocycles. The molecule has 4 N–H and O–H groups in total. The van der Waals surface area contributed by atoms with Crippen LogP contribution in [0.4, 0.5) is 28.4 Å². The quantitative estimate of drug-likeness (QED) is 0.185. The van der Waals surface area contributed by atoms with Crippen molar-refractivity contribution >= 4 is 54.7 Å². The Morgan fingerprint density at radius 2 is 2.02 bits per heavy atom. The van der Waals surface area contributed by atoms with Crippen LogP contribution in [0.15, 0.2) is 23.8 Å². The summed E-state index contributed by atoms with van der Waals surface area (Å²) in [6.45, 7) is 0.826. The van der Waals surface area contributed by atoms with Crippen LogP contribution in [0, 0.1) is 28.9 Å². The first-order chi connectivity index (χ1) is 21.5. The molecule has 0 unspecified atom stereocenters. The Morgan fingerprint density at radius 3 is 2.71 bits per heavy atom. The summed E-state index contributed by atoms with van der Waals surface area (Å²) in [5.74, 6) is -1.33. The van der Waals surface area contributed by atoms with Gasteiger partial charge >= 0.3 is 6.01 Å². The number of aromatic hydroxyl groups is 1. The van der Waals surface area contributed by atoms with E-state index >= 15 is 4.39 Å². The summed E-state index contributed by atoms with van der Waals surface area (Å²) in [6.07, 6.45) is 2.64. The van der Waals surface area contributed by atoms with Crippen molar-refractivity contribution in [3.8, 4) is 29.0 Å². The van der Waals surface area contributed by atoms with Gasteiger partial charge in [0.1, 0.15) is 40.6 Å². The largest absolute Gasteiger partial charge is 0.506 e. The van der Waals surface area contributed by atoms with Crippen molar-refractivity contribution in [3.63, 3.8) is 0 Å². The van der Waals surface area contributed by atoms with E-state index in [9.17, 15) is 23.5 Å². The number of benzene rings is 2. The second-order valence-electron chi connectivity index (χ2n) is 12.6. The number of nitrogens with one attached hydrogen (secondary N) is 1. The fourth-order valence-corrected chi connectivity index (χ4v) is 8.94. The van der Waals surface area contributed by atoms with Gasteiger partial charge in [-0.25, -0.2) is 8.78 Å². The molecule has 8 nitrogen and oxygen atoms in total. The Kier molecular flexibility index (Phi) is 6.24. The minimum absolute atomic E-state index is 0.00822. The van der Waals surface area contributed by atoms with E-state index in [-0.39, 0.29) is 90.2 Å². The highest BCUT2D eigenvalue weighted by molar-refractivity contribution is 7.23. The van der Waals surface area contributed by atoms with Gasteiger partial charge in [0.25, 0.3) is 6.08 Å². The van der Waals surface area contributed by atoms with Crippen molar-refractivity contribution in [2.24, 2.45) is 5.92 Å². The standard InChI is InChI=1S/C31H25ClF4N6O2S/c32-21-19(15-2-3-17(33)25-18(15)16(10-37)27(38)45-25)22(34)23-20(24(21)43)28(41-30-6-13(7-30)8-30)40-29(39-23)44-12-31-4-1-5-42(31)11-14(9-31)26(35)36/h2-3,13,43H,1,4-9,11-12,38H2,(H,39,40,41)/t13?,30?,31-/m0/s1. The number of thiophene rings is 1. The third kappa shape index (κ3) is 4.11. The van der Waals surface area contributed by atoms with Crippen LogP contribution in [-0.4, -0.2) is 50.7 Å². The molecule has 4 heterocycles. The lowest BCUT2D eigenvalue weighted by Gasteiger charge is -2.62. The fraction of sp³-hybridized carbons (Fsp3) is 0.387. The smallest absolute Gasteiger partial charge is 0.319 e. The van der Waals surface area contributed by atoms with Gasteiger partial charge in [0.15, 0.2) is 5.82 Å². The minimum atomic E-state index is -1.68. The van der Waals surface area contributed by atoms with Crippen LogP contribution in [0.5, 0.6) is 11.8 Å². The molecule has 3 saturated carbocycles. The zero-order valence-corrected chi connectivity index (χ0v) is 25.2. The van der Waals surface area contributed by atoms with Crippen molar-refractivity contribution in [3.05, 3.63) is 46.0 Å². The van der Waals surface area contributed by atoms with Crippen LogP contribution in [-0.2, 0) is 0 Å². The monoisotopic (exact) mass is 656 g/mol. The van der Waals surface area contributed by atoms with Crippen LogP contribution in [0.2, 0.25) is 5.02 Å². The maximum atomic E-state index is 16.8. The number of ether oxygens (including phenoxy) is 1. The van der Waals surface area contributed by atoms with Crippen LogP contribution in [0.25, 0.3) is 32.1 Å². The number of hydrogen-bond donors (Lipinski definition) is 3. The summed E-state index contributed by atoms with van der Waals surface area (Å²) in [5, 5.41) is 24.3. The number of nitrogens with zero attached hydrogens (tertiary/aromatic N) is 4. The molecular formula is C31H25ClF4N6O2S. The van der Waals surface area contributed by atoms with Crippen molar-refractivity contribution in [1.29, 1.82) is 5.26 Å². The summed E-state index contributed by atoms with van der Waals surface area (Å²) in [7, 11) is 0. The summed E-state index contributed by atoms with van der Waals surface area (Å²) in [4.78, 5) is 10.9. The predicted octanol–water partition coefficient (Wildman–Crippen LogP) is 7.33. The third-order valence-corrected chi connectivity index (χ3v) is 11.4. The van der Waals surface area contributed by atoms with Gasteiger partial charge < -0.3 is 20.9 Å². The number of fused-ring (bicyclic) bond motifs is 3. The van der Waals surface area contributed by atoms with E-state index in [1.165, 1.54) is 6.07 Å². The van der Waals surface area contributed by atoms with Gasteiger partial charge in [-0.15, -0.1) is 11.3 Å². The van der Waals surface area contributed by atoms with E-state index in [1.54, 1.807) is 0 Å². The van der Waals surface area contributed by atoms with Gasteiger partial charge in [-0.3, -0.25) is 4.90 Å². The SMILES string of the molecule is N#Cc1c(N)sc2c(F)ccc(-c3c(Cl)c(O)c4c(NC56CC(C5)C6)nc(OC[C@@]56CCCN5CC(=C(F)F)C6)nc4c3F)c12. The fourth-order valence-electron chi connectivity index (χ4n) is 7.71. The van der Waals surface area contributed by atoms with Gasteiger partial charge in [-0.1, -0.05) is 17.7 Å². The van der Waals surface area contributed by atoms with Gasteiger partial charge in [0.05, 0.1) is 26.2 Å². The number of anilines is 2. The van der Waals surface area contributed by atoms with E-state index < -0.39 is 29.0 Å². The van der Waals surface area contributed by atoms with Crippen LogP contribution in [0.3, 0.4) is 0 Å². The number of halogens is 5. The van der Waals surface area contributed by atoms with Crippen LogP contribution < -0.4 is 15.8 Å². The maximum Gasteiger partial charge on any atom is 0.319 e. The minimum Gasteiger partial charge on any atom is -0.506 e. The van der Waals surface area contributed by atoms with E-state index in [1.807, 2.05) is 11.0 Å². The Morgan fingerprint density at radius 1 is 1.24 bits per heavy atom. The lowest BCUT2D eigenvalue weighted by atomic mass is 9.50. The highest BCUT2D eigenvalue weighted by Gasteiger charge is 2.57. The molecule has 0 spiro atoms. The lowest BCUT2D eigenvalue weighted by molar-refractivity contribution is 0.00185. The normalized spacial score (nSPS) is 25.2. The molecule has 5 aliphatic rings. The highest BCUT2D eigenvalue weighted by atomic mass is 35.5. The number of phenolic OH excluding ortho intramolecular Hbond substituents is 1. The second kappa shape index (κ2) is 9.82. The van der Waals surface area contributed by atoms with Crippen molar-refractivity contribution in [2.75, 3.05) is 30.7 Å². The Balaban J connectivity index is 1.29.